The molecule has 8 heteroatoms. The van der Waals surface area contributed by atoms with Crippen molar-refractivity contribution < 1.29 is 22.7 Å². The highest BCUT2D eigenvalue weighted by Crippen LogP contribution is 2.17. The summed E-state index contributed by atoms with van der Waals surface area (Å²) in [6.45, 7) is 4.23. The summed E-state index contributed by atoms with van der Waals surface area (Å²) in [4.78, 5) is 26.1. The second-order valence-electron chi connectivity index (χ2n) is 6.04. The molecule has 1 N–H and O–H groups in total. The lowest BCUT2D eigenvalue weighted by molar-refractivity contribution is -0.137. The highest BCUT2D eigenvalue weighted by atomic mass is 32.2. The van der Waals surface area contributed by atoms with Crippen molar-refractivity contribution in [2.45, 2.75) is 44.0 Å². The average Bonchev–Trinajstić information content (AvgIpc) is 2.60. The summed E-state index contributed by atoms with van der Waals surface area (Å²) in [7, 11) is -3.66. The van der Waals surface area contributed by atoms with Crippen LogP contribution in [-0.4, -0.2) is 50.9 Å². The summed E-state index contributed by atoms with van der Waals surface area (Å²) in [5.74, 6) is -0.941. The number of benzene rings is 1. The lowest BCUT2D eigenvalue weighted by Crippen LogP contribution is -2.44. The Morgan fingerprint density at radius 3 is 2.76 bits per heavy atom. The van der Waals surface area contributed by atoms with E-state index in [2.05, 4.69) is 4.72 Å². The zero-order chi connectivity index (χ0) is 18.4. The molecule has 1 heterocycles. The SMILES string of the molecule is CCNS(=O)(=O)c1cccc(C(=O)OCC(=O)N2CCCCC2C)c1. The Morgan fingerprint density at radius 1 is 1.32 bits per heavy atom. The molecule has 1 unspecified atom stereocenters. The van der Waals surface area contributed by atoms with Crippen LogP contribution in [0.1, 0.15) is 43.5 Å². The van der Waals surface area contributed by atoms with Crippen LogP contribution in [0.2, 0.25) is 0 Å². The van der Waals surface area contributed by atoms with Crippen LogP contribution < -0.4 is 4.72 Å². The van der Waals surface area contributed by atoms with E-state index >= 15 is 0 Å². The van der Waals surface area contributed by atoms with Gasteiger partial charge in [-0.05, 0) is 44.4 Å². The largest absolute Gasteiger partial charge is 0.452 e. The predicted octanol–water partition coefficient (Wildman–Crippen LogP) is 1.54. The first-order valence-electron chi connectivity index (χ1n) is 8.41. The lowest BCUT2D eigenvalue weighted by Gasteiger charge is -2.33. The van der Waals surface area contributed by atoms with Crippen LogP contribution in [-0.2, 0) is 19.6 Å². The van der Waals surface area contributed by atoms with Crippen LogP contribution in [0.15, 0.2) is 29.2 Å². The first-order chi connectivity index (χ1) is 11.8. The van der Waals surface area contributed by atoms with Crippen molar-refractivity contribution in [2.24, 2.45) is 0 Å². The number of esters is 1. The number of sulfonamides is 1. The number of nitrogens with zero attached hydrogens (tertiary/aromatic N) is 1. The van der Waals surface area contributed by atoms with Gasteiger partial charge in [-0.2, -0.15) is 0 Å². The van der Waals surface area contributed by atoms with E-state index in [1.807, 2.05) is 6.92 Å². The summed E-state index contributed by atoms with van der Waals surface area (Å²) in [6, 6.07) is 5.72. The molecular weight excluding hydrogens is 344 g/mol. The molecule has 7 nitrogen and oxygen atoms in total. The molecule has 1 aromatic rings. The first-order valence-corrected chi connectivity index (χ1v) is 9.90. The minimum Gasteiger partial charge on any atom is -0.452 e. The molecule has 0 aromatic heterocycles. The van der Waals surface area contributed by atoms with E-state index in [1.165, 1.54) is 24.3 Å². The molecular formula is C17H24N2O5S. The molecule has 0 aliphatic carbocycles. The molecule has 1 aliphatic rings. The highest BCUT2D eigenvalue weighted by Gasteiger charge is 2.24. The van der Waals surface area contributed by atoms with Crippen molar-refractivity contribution in [1.29, 1.82) is 0 Å². The molecule has 25 heavy (non-hydrogen) atoms. The van der Waals surface area contributed by atoms with Gasteiger partial charge in [0.1, 0.15) is 0 Å². The zero-order valence-corrected chi connectivity index (χ0v) is 15.3. The number of ether oxygens (including phenoxy) is 1. The third kappa shape index (κ3) is 5.02. The van der Waals surface area contributed by atoms with Crippen LogP contribution in [0, 0.1) is 0 Å². The molecule has 1 fully saturated rings. The first kappa shape index (κ1) is 19.4. The van der Waals surface area contributed by atoms with E-state index < -0.39 is 16.0 Å². The number of nitrogens with one attached hydrogen (secondary N) is 1. The number of carbonyl (C=O) groups excluding carboxylic acids is 2. The standard InChI is InChI=1S/C17H24N2O5S/c1-3-18-25(22,23)15-9-6-8-14(11-15)17(21)24-12-16(20)19-10-5-4-7-13(19)2/h6,8-9,11,13,18H,3-5,7,10,12H2,1-2H3. The van der Waals surface area contributed by atoms with Crippen molar-refractivity contribution in [3.63, 3.8) is 0 Å². The van der Waals surface area contributed by atoms with Gasteiger partial charge in [0.15, 0.2) is 6.61 Å². The topological polar surface area (TPSA) is 92.8 Å². The van der Waals surface area contributed by atoms with Crippen molar-refractivity contribution in [1.82, 2.24) is 9.62 Å². The van der Waals surface area contributed by atoms with E-state index in [1.54, 1.807) is 11.8 Å². The van der Waals surface area contributed by atoms with Crippen LogP contribution in [0.25, 0.3) is 0 Å². The third-order valence-corrected chi connectivity index (χ3v) is 5.71. The van der Waals surface area contributed by atoms with Crippen LogP contribution >= 0.6 is 0 Å². The lowest BCUT2D eigenvalue weighted by atomic mass is 10.0. The summed E-state index contributed by atoms with van der Waals surface area (Å²) in [5.41, 5.74) is 0.0958. The number of amides is 1. The molecule has 0 radical (unpaired) electrons. The molecule has 1 amide bonds. The van der Waals surface area contributed by atoms with Gasteiger partial charge in [-0.1, -0.05) is 13.0 Å². The molecule has 1 aromatic carbocycles. The number of rotatable bonds is 6. The molecule has 1 atom stereocenters. The van der Waals surface area contributed by atoms with E-state index in [0.717, 1.165) is 19.3 Å². The van der Waals surface area contributed by atoms with Gasteiger partial charge in [0.2, 0.25) is 10.0 Å². The van der Waals surface area contributed by atoms with Crippen molar-refractivity contribution in [3.8, 4) is 0 Å². The molecule has 1 aliphatic heterocycles. The number of hydrogen-bond acceptors (Lipinski definition) is 5. The second-order valence-corrected chi connectivity index (χ2v) is 7.80. The summed E-state index contributed by atoms with van der Waals surface area (Å²) in [6.07, 6.45) is 3.00. The number of carbonyl (C=O) groups is 2. The van der Waals surface area contributed by atoms with E-state index in [4.69, 9.17) is 4.74 Å². The molecule has 0 saturated carbocycles. The Hall–Kier alpha value is -1.93. The van der Waals surface area contributed by atoms with Gasteiger partial charge in [-0.25, -0.2) is 17.9 Å². The number of piperidine rings is 1. The molecule has 0 bridgehead atoms. The van der Waals surface area contributed by atoms with Crippen LogP contribution in [0.3, 0.4) is 0 Å². The Bertz CT molecular complexity index is 732. The van der Waals surface area contributed by atoms with E-state index in [0.29, 0.717) is 6.54 Å². The van der Waals surface area contributed by atoms with Crippen molar-refractivity contribution in [3.05, 3.63) is 29.8 Å². The van der Waals surface area contributed by atoms with E-state index in [9.17, 15) is 18.0 Å². The van der Waals surface area contributed by atoms with Gasteiger partial charge in [0, 0.05) is 19.1 Å². The Morgan fingerprint density at radius 2 is 2.08 bits per heavy atom. The fourth-order valence-electron chi connectivity index (χ4n) is 2.83. The van der Waals surface area contributed by atoms with Crippen molar-refractivity contribution >= 4 is 21.9 Å². The maximum absolute atomic E-state index is 12.2. The monoisotopic (exact) mass is 368 g/mol. The van der Waals surface area contributed by atoms with Crippen molar-refractivity contribution in [2.75, 3.05) is 19.7 Å². The molecule has 138 valence electrons. The maximum Gasteiger partial charge on any atom is 0.338 e. The number of likely N-dealkylation sites (tertiary alicyclic amines) is 1. The summed E-state index contributed by atoms with van der Waals surface area (Å²) in [5, 5.41) is 0. The van der Waals surface area contributed by atoms with Crippen LogP contribution in [0.4, 0.5) is 0 Å². The molecule has 2 rings (SSSR count). The summed E-state index contributed by atoms with van der Waals surface area (Å²) < 4.78 is 31.4. The quantitative estimate of drug-likeness (QED) is 0.769. The van der Waals surface area contributed by atoms with Gasteiger partial charge in [0.05, 0.1) is 10.5 Å². The predicted molar refractivity (Wildman–Crippen MR) is 92.6 cm³/mol. The maximum atomic E-state index is 12.2. The molecule has 0 spiro atoms. The summed E-state index contributed by atoms with van der Waals surface area (Å²) >= 11 is 0. The minimum atomic E-state index is -3.66. The normalized spacial score (nSPS) is 18.0. The fraction of sp³-hybridized carbons (Fsp3) is 0.529. The average molecular weight is 368 g/mol. The van der Waals surface area contributed by atoms with Gasteiger partial charge < -0.3 is 9.64 Å². The Balaban J connectivity index is 2.00. The van der Waals surface area contributed by atoms with Gasteiger partial charge >= 0.3 is 5.97 Å². The van der Waals surface area contributed by atoms with Gasteiger partial charge in [-0.3, -0.25) is 4.79 Å². The molecule has 1 saturated heterocycles. The smallest absolute Gasteiger partial charge is 0.338 e. The van der Waals surface area contributed by atoms with E-state index in [-0.39, 0.29) is 35.6 Å². The Labute approximate surface area is 148 Å². The fourth-order valence-corrected chi connectivity index (χ4v) is 3.91. The Kier molecular flexibility index (Phi) is 6.55. The van der Waals surface area contributed by atoms with Crippen LogP contribution in [0.5, 0.6) is 0 Å². The third-order valence-electron chi connectivity index (χ3n) is 4.16. The van der Waals surface area contributed by atoms with Gasteiger partial charge in [0.25, 0.3) is 5.91 Å². The highest BCUT2D eigenvalue weighted by molar-refractivity contribution is 7.89. The second kappa shape index (κ2) is 8.44. The number of hydrogen-bond donors (Lipinski definition) is 1. The van der Waals surface area contributed by atoms with Gasteiger partial charge in [-0.15, -0.1) is 0 Å². The minimum absolute atomic E-state index is 0.0141. The zero-order valence-electron chi connectivity index (χ0n) is 14.5.